The van der Waals surface area contributed by atoms with Crippen molar-refractivity contribution in [3.63, 3.8) is 0 Å². The van der Waals surface area contributed by atoms with Crippen molar-refractivity contribution in [2.24, 2.45) is 0 Å². The number of hydrogen-bond donors (Lipinski definition) is 0. The zero-order valence-electron chi connectivity index (χ0n) is 15.1. The second-order valence-corrected chi connectivity index (χ2v) is 11.6. The Morgan fingerprint density at radius 3 is 1.79 bits per heavy atom. The third kappa shape index (κ3) is 2.60. The summed E-state index contributed by atoms with van der Waals surface area (Å²) in [6, 6.07) is 33.9. The summed E-state index contributed by atoms with van der Waals surface area (Å²) in [6.45, 7) is 0. The van der Waals surface area contributed by atoms with E-state index < -0.39 is 8.07 Å². The molecule has 4 aromatic rings. The first-order valence-corrected chi connectivity index (χ1v) is 12.0. The lowest BCUT2D eigenvalue weighted by molar-refractivity contribution is 0.487. The van der Waals surface area contributed by atoms with E-state index in [-0.39, 0.29) is 0 Å². The van der Waals surface area contributed by atoms with Crippen LogP contribution in [0.5, 0.6) is 11.5 Å². The standard InChI is InChI=1S/C24H16BBrOSi/c25-17-11-13-21-23(15-17)28(19-7-3-1-4-8-19,20-9-5-2-6-10-20)24-16-18(26)12-14-22(24)27-21/h1-16H. The fourth-order valence-corrected chi connectivity index (χ4v) is 9.83. The van der Waals surface area contributed by atoms with Gasteiger partial charge in [-0.3, -0.25) is 0 Å². The van der Waals surface area contributed by atoms with Crippen molar-refractivity contribution >= 4 is 58.1 Å². The smallest absolute Gasteiger partial charge is 0.188 e. The second-order valence-electron chi connectivity index (χ2n) is 6.98. The fourth-order valence-electron chi connectivity index (χ4n) is 4.24. The lowest BCUT2D eigenvalue weighted by Gasteiger charge is -2.39. The van der Waals surface area contributed by atoms with Gasteiger partial charge >= 0.3 is 0 Å². The van der Waals surface area contributed by atoms with Crippen LogP contribution in [0, 0.1) is 0 Å². The molecule has 0 saturated heterocycles. The molecule has 1 aliphatic heterocycles. The zero-order chi connectivity index (χ0) is 19.1. The van der Waals surface area contributed by atoms with Gasteiger partial charge in [-0.1, -0.05) is 94.2 Å². The molecule has 132 valence electrons. The molecule has 0 amide bonds. The third-order valence-corrected chi connectivity index (χ3v) is 10.7. The van der Waals surface area contributed by atoms with Crippen LogP contribution in [-0.4, -0.2) is 15.9 Å². The number of hydrogen-bond acceptors (Lipinski definition) is 1. The van der Waals surface area contributed by atoms with E-state index in [2.05, 4.69) is 94.8 Å². The average molecular weight is 439 g/mol. The van der Waals surface area contributed by atoms with Gasteiger partial charge in [0.2, 0.25) is 0 Å². The van der Waals surface area contributed by atoms with Crippen molar-refractivity contribution in [1.82, 2.24) is 0 Å². The molecule has 2 radical (unpaired) electrons. The summed E-state index contributed by atoms with van der Waals surface area (Å²) in [5, 5.41) is 5.05. The average Bonchev–Trinajstić information content (AvgIpc) is 2.74. The Morgan fingerprint density at radius 2 is 1.18 bits per heavy atom. The van der Waals surface area contributed by atoms with E-state index in [9.17, 15) is 0 Å². The van der Waals surface area contributed by atoms with Crippen LogP contribution in [0.2, 0.25) is 0 Å². The van der Waals surface area contributed by atoms with Gasteiger partial charge < -0.3 is 4.74 Å². The Hall–Kier alpha value is -2.56. The molecule has 28 heavy (non-hydrogen) atoms. The lowest BCUT2D eigenvalue weighted by atomic mass is 9.96. The van der Waals surface area contributed by atoms with Crippen LogP contribution in [0.25, 0.3) is 0 Å². The maximum Gasteiger partial charge on any atom is 0.188 e. The van der Waals surface area contributed by atoms with Gasteiger partial charge in [0, 0.05) is 4.47 Å². The maximum absolute atomic E-state index is 6.34. The van der Waals surface area contributed by atoms with Gasteiger partial charge in [-0.2, -0.15) is 0 Å². The summed E-state index contributed by atoms with van der Waals surface area (Å²) in [5.41, 5.74) is 0.754. The number of benzene rings is 4. The highest BCUT2D eigenvalue weighted by Gasteiger charge is 2.47. The highest BCUT2D eigenvalue weighted by atomic mass is 79.9. The van der Waals surface area contributed by atoms with Gasteiger partial charge in [0.1, 0.15) is 19.3 Å². The highest BCUT2D eigenvalue weighted by Crippen LogP contribution is 2.30. The molecule has 4 heteroatoms. The molecule has 5 rings (SSSR count). The van der Waals surface area contributed by atoms with E-state index >= 15 is 0 Å². The Morgan fingerprint density at radius 1 is 0.643 bits per heavy atom. The summed E-state index contributed by atoms with van der Waals surface area (Å²) in [4.78, 5) is 0. The Balaban J connectivity index is 1.99. The minimum Gasteiger partial charge on any atom is -0.458 e. The van der Waals surface area contributed by atoms with Gasteiger partial charge in [0.25, 0.3) is 0 Å². The van der Waals surface area contributed by atoms with Crippen molar-refractivity contribution < 1.29 is 4.74 Å². The van der Waals surface area contributed by atoms with Crippen molar-refractivity contribution in [1.29, 1.82) is 0 Å². The quantitative estimate of drug-likeness (QED) is 0.385. The molecule has 1 nitrogen and oxygen atoms in total. The predicted octanol–water partition coefficient (Wildman–Crippen LogP) is 2.73. The number of fused-ring (bicyclic) bond motifs is 2. The molecule has 0 aromatic heterocycles. The van der Waals surface area contributed by atoms with E-state index in [1.54, 1.807) is 0 Å². The molecule has 1 aliphatic rings. The Labute approximate surface area is 175 Å². The normalized spacial score (nSPS) is 13.9. The van der Waals surface area contributed by atoms with Crippen LogP contribution in [-0.2, 0) is 0 Å². The SMILES string of the molecule is [B]c1ccc2c(c1)[Si](c1ccccc1)(c1ccccc1)c1cc(Br)ccc1O2. The molecule has 0 saturated carbocycles. The molecule has 0 N–H and O–H groups in total. The third-order valence-electron chi connectivity index (χ3n) is 5.39. The molecule has 0 unspecified atom stereocenters. The summed E-state index contributed by atoms with van der Waals surface area (Å²) < 4.78 is 7.39. The largest absolute Gasteiger partial charge is 0.458 e. The van der Waals surface area contributed by atoms with Gasteiger partial charge in [-0.05, 0) is 45.0 Å². The minimum absolute atomic E-state index is 0.754. The van der Waals surface area contributed by atoms with Crippen LogP contribution < -0.4 is 30.9 Å². The van der Waals surface area contributed by atoms with Gasteiger partial charge in [0.15, 0.2) is 8.07 Å². The van der Waals surface area contributed by atoms with Gasteiger partial charge in [0.05, 0.1) is 0 Å². The van der Waals surface area contributed by atoms with E-state index in [4.69, 9.17) is 12.6 Å². The van der Waals surface area contributed by atoms with Gasteiger partial charge in [-0.25, -0.2) is 0 Å². The lowest BCUT2D eigenvalue weighted by Crippen LogP contribution is -2.76. The summed E-state index contributed by atoms with van der Waals surface area (Å²) >= 11 is 3.68. The van der Waals surface area contributed by atoms with E-state index in [0.29, 0.717) is 0 Å². The Kier molecular flexibility index (Phi) is 4.26. The molecule has 0 aliphatic carbocycles. The van der Waals surface area contributed by atoms with Crippen molar-refractivity contribution in [2.75, 3.05) is 0 Å². The van der Waals surface area contributed by atoms with E-state index in [0.717, 1.165) is 21.4 Å². The van der Waals surface area contributed by atoms with Crippen LogP contribution >= 0.6 is 15.9 Å². The van der Waals surface area contributed by atoms with Crippen LogP contribution in [0.15, 0.2) is 102 Å². The maximum atomic E-state index is 6.34. The predicted molar refractivity (Wildman–Crippen MR) is 123 cm³/mol. The summed E-state index contributed by atoms with van der Waals surface area (Å²) in [5.74, 6) is 1.81. The molecule has 0 atom stereocenters. The number of halogens is 1. The van der Waals surface area contributed by atoms with Crippen LogP contribution in [0.4, 0.5) is 0 Å². The topological polar surface area (TPSA) is 9.23 Å². The first-order valence-electron chi connectivity index (χ1n) is 9.18. The minimum atomic E-state index is -2.57. The molecule has 1 heterocycles. The van der Waals surface area contributed by atoms with Crippen molar-refractivity contribution in [3.8, 4) is 11.5 Å². The van der Waals surface area contributed by atoms with Gasteiger partial charge in [-0.15, -0.1) is 0 Å². The van der Waals surface area contributed by atoms with Crippen molar-refractivity contribution in [2.45, 2.75) is 0 Å². The molecule has 0 spiro atoms. The van der Waals surface area contributed by atoms with E-state index in [1.165, 1.54) is 20.7 Å². The number of rotatable bonds is 2. The summed E-state index contributed by atoms with van der Waals surface area (Å²) in [6.07, 6.45) is 0. The zero-order valence-corrected chi connectivity index (χ0v) is 17.7. The van der Waals surface area contributed by atoms with Crippen LogP contribution in [0.1, 0.15) is 0 Å². The molecular weight excluding hydrogens is 423 g/mol. The fraction of sp³-hybridized carbons (Fsp3) is 0. The first kappa shape index (κ1) is 17.5. The monoisotopic (exact) mass is 438 g/mol. The molecule has 0 fully saturated rings. The van der Waals surface area contributed by atoms with Crippen LogP contribution in [0.3, 0.4) is 0 Å². The Bertz CT molecular complexity index is 1070. The second kappa shape index (κ2) is 6.80. The highest BCUT2D eigenvalue weighted by molar-refractivity contribution is 9.10. The van der Waals surface area contributed by atoms with E-state index in [1.807, 2.05) is 18.2 Å². The molecule has 4 aromatic carbocycles. The van der Waals surface area contributed by atoms with Crippen molar-refractivity contribution in [3.05, 3.63) is 102 Å². The number of ether oxygens (including phenoxy) is 1. The summed E-state index contributed by atoms with van der Waals surface area (Å²) in [7, 11) is 3.69. The molecular formula is C24H16BBrOSi. The first-order chi connectivity index (χ1) is 13.7. The molecule has 0 bridgehead atoms.